The van der Waals surface area contributed by atoms with E-state index in [9.17, 15) is 19.2 Å². The smallest absolute Gasteiger partial charge is 0.326 e. The van der Waals surface area contributed by atoms with Crippen molar-refractivity contribution >= 4 is 39.7 Å². The molecule has 19 heavy (non-hydrogen) atoms. The largest absolute Gasteiger partial charge is 0.481 e. The normalized spacial score (nSPS) is 12.2. The lowest BCUT2D eigenvalue weighted by Crippen LogP contribution is -2.42. The summed E-state index contributed by atoms with van der Waals surface area (Å²) in [6.07, 6.45) is -0.857. The van der Waals surface area contributed by atoms with Crippen molar-refractivity contribution in [3.63, 3.8) is 0 Å². The molecule has 0 aromatic heterocycles. The zero-order valence-electron chi connectivity index (χ0n) is 11.0. The Labute approximate surface area is 119 Å². The van der Waals surface area contributed by atoms with Gasteiger partial charge in [-0.2, -0.15) is 0 Å². The van der Waals surface area contributed by atoms with Gasteiger partial charge in [0.25, 0.3) is 0 Å². The van der Waals surface area contributed by atoms with E-state index in [-0.39, 0.29) is 31.1 Å². The molecule has 4 N–H and O–H groups in total. The van der Waals surface area contributed by atoms with Gasteiger partial charge in [-0.1, -0.05) is 15.9 Å². The zero-order valence-corrected chi connectivity index (χ0v) is 11.6. The Hall–Kier alpha value is -1.64. The second kappa shape index (κ2) is 9.31. The highest BCUT2D eigenvalue weighted by Crippen LogP contribution is 1.98. The number of carboxylic acids is 2. The molecule has 108 valence electrons. The SMILES string of the molecule is [2H]N(CCC(=O)N[C@@H](CCC(=O)O)C(=O)O)C(=O)CBr. The van der Waals surface area contributed by atoms with Crippen LogP contribution in [0, 0.1) is 0 Å². The van der Waals surface area contributed by atoms with Crippen molar-refractivity contribution in [1.29, 1.82) is 0 Å². The van der Waals surface area contributed by atoms with Gasteiger partial charge in [0.05, 0.1) is 5.33 Å². The molecule has 0 fully saturated rings. The van der Waals surface area contributed by atoms with Gasteiger partial charge in [0, 0.05) is 19.4 Å². The van der Waals surface area contributed by atoms with Crippen LogP contribution in [0.2, 0.25) is 1.41 Å². The van der Waals surface area contributed by atoms with E-state index in [1.54, 1.807) is 0 Å². The molecule has 0 bridgehead atoms. The van der Waals surface area contributed by atoms with Crippen molar-refractivity contribution in [3.8, 4) is 0 Å². The van der Waals surface area contributed by atoms with Crippen LogP contribution in [-0.2, 0) is 19.2 Å². The highest BCUT2D eigenvalue weighted by molar-refractivity contribution is 9.09. The first-order chi connectivity index (χ1) is 9.27. The Bertz CT molecular complexity index is 392. The molecular formula is C10H15BrN2O6. The molecule has 0 aromatic carbocycles. The third-order valence-electron chi connectivity index (χ3n) is 2.02. The number of halogens is 1. The molecule has 0 aliphatic rings. The van der Waals surface area contributed by atoms with Crippen LogP contribution in [0.15, 0.2) is 0 Å². The fourth-order valence-electron chi connectivity index (χ4n) is 1.12. The summed E-state index contributed by atoms with van der Waals surface area (Å²) in [5.41, 5.74) is 0. The van der Waals surface area contributed by atoms with Gasteiger partial charge in [0.15, 0.2) is 1.41 Å². The maximum Gasteiger partial charge on any atom is 0.326 e. The summed E-state index contributed by atoms with van der Waals surface area (Å²) in [6.45, 7) is -0.179. The van der Waals surface area contributed by atoms with E-state index in [0.717, 1.165) is 0 Å². The Balaban J connectivity index is 4.23. The van der Waals surface area contributed by atoms with E-state index in [0.29, 0.717) is 5.31 Å². The Morgan fingerprint density at radius 3 is 2.26 bits per heavy atom. The highest BCUT2D eigenvalue weighted by atomic mass is 79.9. The van der Waals surface area contributed by atoms with Gasteiger partial charge in [-0.15, -0.1) is 0 Å². The number of amides is 2. The molecular weight excluding hydrogens is 324 g/mol. The number of rotatable bonds is 9. The molecule has 9 heteroatoms. The third kappa shape index (κ3) is 9.00. The monoisotopic (exact) mass is 339 g/mol. The van der Waals surface area contributed by atoms with Crippen molar-refractivity contribution < 1.29 is 30.8 Å². The van der Waals surface area contributed by atoms with Gasteiger partial charge in [0.2, 0.25) is 11.8 Å². The number of carbonyl (C=O) groups excluding carboxylic acids is 2. The fourth-order valence-corrected chi connectivity index (χ4v) is 1.29. The van der Waals surface area contributed by atoms with Crippen LogP contribution < -0.4 is 10.6 Å². The number of carbonyl (C=O) groups is 4. The molecule has 8 nitrogen and oxygen atoms in total. The van der Waals surface area contributed by atoms with Gasteiger partial charge < -0.3 is 20.8 Å². The Kier molecular flexibility index (Phi) is 7.56. The van der Waals surface area contributed by atoms with Crippen molar-refractivity contribution in [2.75, 3.05) is 11.9 Å². The van der Waals surface area contributed by atoms with Gasteiger partial charge in [0.1, 0.15) is 6.04 Å². The van der Waals surface area contributed by atoms with E-state index >= 15 is 0 Å². The minimum Gasteiger partial charge on any atom is -0.481 e. The predicted molar refractivity (Wildman–Crippen MR) is 67.9 cm³/mol. The number of hydrogen-bond acceptors (Lipinski definition) is 4. The van der Waals surface area contributed by atoms with Crippen LogP contribution in [0.1, 0.15) is 19.3 Å². The van der Waals surface area contributed by atoms with E-state index in [1.165, 1.54) is 0 Å². The maximum absolute atomic E-state index is 11.5. The lowest BCUT2D eigenvalue weighted by atomic mass is 10.1. The molecule has 0 spiro atoms. The topological polar surface area (TPSA) is 133 Å². The zero-order chi connectivity index (χ0) is 15.7. The molecule has 0 rings (SSSR count). The average Bonchev–Trinajstić information content (AvgIpc) is 2.39. The number of carboxylic acid groups (broad SMARTS) is 2. The number of alkyl halides is 1. The molecule has 0 saturated carbocycles. The maximum atomic E-state index is 11.5. The molecule has 0 heterocycles. The summed E-state index contributed by atoms with van der Waals surface area (Å²) in [7, 11) is 0. The molecule has 0 aromatic rings. The van der Waals surface area contributed by atoms with Crippen molar-refractivity contribution in [2.24, 2.45) is 0 Å². The second-order valence-corrected chi connectivity index (χ2v) is 4.11. The van der Waals surface area contributed by atoms with Crippen LogP contribution in [0.3, 0.4) is 0 Å². The van der Waals surface area contributed by atoms with Gasteiger partial charge in [-0.25, -0.2) is 4.79 Å². The van der Waals surface area contributed by atoms with Crippen LogP contribution in [0.5, 0.6) is 0 Å². The van der Waals surface area contributed by atoms with Gasteiger partial charge in [-0.3, -0.25) is 14.4 Å². The van der Waals surface area contributed by atoms with Crippen LogP contribution in [0.4, 0.5) is 0 Å². The standard InChI is InChI=1S/C10H15BrN2O6/c11-5-8(15)12-4-3-7(14)13-6(10(18)19)1-2-9(16)17/h6H,1-5H2,(H,12,15)(H,13,14)(H,16,17)(H,18,19)/t6-/m0/s1/i/hD. The molecule has 1 atom stereocenters. The second-order valence-electron chi connectivity index (χ2n) is 3.55. The molecule has 0 unspecified atom stereocenters. The van der Waals surface area contributed by atoms with E-state index < -0.39 is 29.8 Å². The van der Waals surface area contributed by atoms with E-state index in [2.05, 4.69) is 21.2 Å². The number of hydrogen-bond donors (Lipinski definition) is 4. The summed E-state index contributed by atoms with van der Waals surface area (Å²) >= 11 is 2.87. The summed E-state index contributed by atoms with van der Waals surface area (Å²) in [5, 5.41) is 20.0. The van der Waals surface area contributed by atoms with Gasteiger partial charge in [-0.05, 0) is 6.42 Å². The summed E-state index contributed by atoms with van der Waals surface area (Å²) in [5.74, 6) is -3.69. The number of nitrogens with one attached hydrogen (secondary N) is 2. The van der Waals surface area contributed by atoms with E-state index in [4.69, 9.17) is 11.6 Å². The molecule has 0 radical (unpaired) electrons. The molecule has 0 aliphatic heterocycles. The predicted octanol–water partition coefficient (Wildman–Crippen LogP) is -0.678. The molecule has 2 amide bonds. The van der Waals surface area contributed by atoms with Gasteiger partial charge >= 0.3 is 11.9 Å². The number of aliphatic carboxylic acids is 2. The lowest BCUT2D eigenvalue weighted by Gasteiger charge is -2.13. The first-order valence-corrected chi connectivity index (χ1v) is 6.49. The fraction of sp³-hybridized carbons (Fsp3) is 0.600. The van der Waals surface area contributed by atoms with Crippen molar-refractivity contribution in [3.05, 3.63) is 0 Å². The van der Waals surface area contributed by atoms with E-state index in [1.807, 2.05) is 0 Å². The first-order valence-electron chi connectivity index (χ1n) is 5.81. The quantitative estimate of drug-likeness (QED) is 0.411. The van der Waals surface area contributed by atoms with Crippen LogP contribution in [-0.4, -0.2) is 51.9 Å². The first kappa shape index (κ1) is 15.4. The van der Waals surface area contributed by atoms with Crippen molar-refractivity contribution in [2.45, 2.75) is 25.3 Å². The average molecular weight is 340 g/mol. The summed E-state index contributed by atoms with van der Waals surface area (Å²) in [4.78, 5) is 43.7. The minimum atomic E-state index is -1.33. The third-order valence-corrected chi connectivity index (χ3v) is 2.50. The van der Waals surface area contributed by atoms with Crippen molar-refractivity contribution in [1.82, 2.24) is 10.6 Å². The molecule has 0 aliphatic carbocycles. The summed E-state index contributed by atoms with van der Waals surface area (Å²) in [6, 6.07) is -1.30. The van der Waals surface area contributed by atoms with Crippen LogP contribution in [0.25, 0.3) is 0 Å². The highest BCUT2D eigenvalue weighted by Gasteiger charge is 2.20. The minimum absolute atomic E-state index is 0.0471. The lowest BCUT2D eigenvalue weighted by molar-refractivity contribution is -0.143. The summed E-state index contributed by atoms with van der Waals surface area (Å²) < 4.78 is 7.26. The molecule has 0 saturated heterocycles. The van der Waals surface area contributed by atoms with Crippen LogP contribution >= 0.6 is 15.9 Å². The Morgan fingerprint density at radius 1 is 1.16 bits per heavy atom. The Morgan fingerprint density at radius 2 is 1.79 bits per heavy atom.